The minimum absolute atomic E-state index is 0.0750. The van der Waals surface area contributed by atoms with Crippen LogP contribution in [0.1, 0.15) is 43.2 Å². The van der Waals surface area contributed by atoms with Gasteiger partial charge in [0, 0.05) is 42.3 Å². The second kappa shape index (κ2) is 10.7. The summed E-state index contributed by atoms with van der Waals surface area (Å²) in [6.45, 7) is 0.338. The van der Waals surface area contributed by atoms with Crippen molar-refractivity contribution in [2.45, 2.75) is 61.8 Å². The SMILES string of the molecule is CS(=O)(=O)/C(F)=C\[C@H](C[C@H]1CCNC1=O)NC(=O)[C@H]1[C@@H]2CC[C@@H](CC2(F)F)N1C(=O)C1(O)c2ccccc2-c2ccccc21. The summed E-state index contributed by atoms with van der Waals surface area (Å²) in [5.41, 5.74) is -0.529. The van der Waals surface area contributed by atoms with Crippen molar-refractivity contribution >= 4 is 27.6 Å². The molecule has 4 fully saturated rings. The number of fused-ring (bicyclic) bond motifs is 6. The molecule has 7 rings (SSSR count). The number of carbonyl (C=O) groups excluding carboxylic acids is 3. The van der Waals surface area contributed by atoms with Crippen LogP contribution in [-0.4, -0.2) is 73.0 Å². The lowest BCUT2D eigenvalue weighted by atomic mass is 9.70. The number of hydrogen-bond donors (Lipinski definition) is 3. The predicted octanol–water partition coefficient (Wildman–Crippen LogP) is 2.78. The van der Waals surface area contributed by atoms with Gasteiger partial charge >= 0.3 is 0 Å². The third-order valence-electron chi connectivity index (χ3n) is 9.39. The number of aliphatic hydroxyl groups is 1. The summed E-state index contributed by atoms with van der Waals surface area (Å²) in [5, 5.41) is 15.8. The van der Waals surface area contributed by atoms with E-state index in [2.05, 4.69) is 10.6 Å². The summed E-state index contributed by atoms with van der Waals surface area (Å²) in [4.78, 5) is 41.8. The van der Waals surface area contributed by atoms with Gasteiger partial charge in [0.1, 0.15) is 6.04 Å². The smallest absolute Gasteiger partial charge is 0.264 e. The molecule has 44 heavy (non-hydrogen) atoms. The number of alkyl halides is 2. The standard InChI is InChI=1S/C31H32F3N3O6S/c1-44(42,43)25(32)15-18(14-17-12-13-35-27(17)38)36-28(39)26-24-11-10-19(16-30(24,33)34)37(26)29(40)31(41)22-8-4-2-6-20(22)21-7-3-5-9-23(21)31/h2-9,15,17-19,24,26,41H,10-14,16H2,1H3,(H,35,38)(H,36,39)/b25-15-/t17-,18+,19+,24+,26-/m1/s1. The number of carbonyl (C=O) groups is 3. The van der Waals surface area contributed by atoms with Crippen LogP contribution < -0.4 is 10.6 Å². The second-order valence-electron chi connectivity index (χ2n) is 12.1. The Morgan fingerprint density at radius 2 is 1.70 bits per heavy atom. The molecule has 2 aliphatic carbocycles. The molecule has 3 aliphatic heterocycles. The van der Waals surface area contributed by atoms with Crippen molar-refractivity contribution < 1.29 is 41.1 Å². The molecule has 5 atom stereocenters. The first-order chi connectivity index (χ1) is 20.7. The Morgan fingerprint density at radius 3 is 2.25 bits per heavy atom. The lowest BCUT2D eigenvalue weighted by Gasteiger charge is -2.55. The van der Waals surface area contributed by atoms with Gasteiger partial charge in [0.25, 0.3) is 11.8 Å². The highest BCUT2D eigenvalue weighted by Gasteiger charge is 2.63. The zero-order chi connectivity index (χ0) is 31.6. The summed E-state index contributed by atoms with van der Waals surface area (Å²) in [5.74, 6) is -7.94. The van der Waals surface area contributed by atoms with E-state index in [-0.39, 0.29) is 36.3 Å². The van der Waals surface area contributed by atoms with Crippen LogP contribution in [0.4, 0.5) is 13.2 Å². The number of nitrogens with zero attached hydrogens (tertiary/aromatic N) is 1. The molecule has 3 amide bonds. The van der Waals surface area contributed by atoms with Crippen LogP contribution in [0.3, 0.4) is 0 Å². The van der Waals surface area contributed by atoms with Gasteiger partial charge in [0.2, 0.25) is 26.8 Å². The van der Waals surface area contributed by atoms with E-state index in [1.807, 2.05) is 0 Å². The van der Waals surface area contributed by atoms with E-state index in [1.54, 1.807) is 48.5 Å². The zero-order valence-electron chi connectivity index (χ0n) is 23.8. The molecule has 3 saturated heterocycles. The number of rotatable bonds is 7. The molecule has 9 nitrogen and oxygen atoms in total. The molecule has 3 N–H and O–H groups in total. The Bertz CT molecular complexity index is 1630. The first-order valence-electron chi connectivity index (χ1n) is 14.5. The molecule has 0 unspecified atom stereocenters. The van der Waals surface area contributed by atoms with Crippen LogP contribution in [0.25, 0.3) is 11.1 Å². The van der Waals surface area contributed by atoms with Crippen molar-refractivity contribution in [3.63, 3.8) is 0 Å². The molecule has 0 spiro atoms. The van der Waals surface area contributed by atoms with Gasteiger partial charge in [-0.2, -0.15) is 4.39 Å². The number of hydrogen-bond acceptors (Lipinski definition) is 6. The van der Waals surface area contributed by atoms with Crippen molar-refractivity contribution in [1.82, 2.24) is 15.5 Å². The van der Waals surface area contributed by atoms with Crippen LogP contribution in [0.2, 0.25) is 0 Å². The van der Waals surface area contributed by atoms with Gasteiger partial charge in [-0.15, -0.1) is 0 Å². The quantitative estimate of drug-likeness (QED) is 0.431. The predicted molar refractivity (Wildman–Crippen MR) is 153 cm³/mol. The highest BCUT2D eigenvalue weighted by atomic mass is 32.2. The first kappa shape index (κ1) is 30.3. The number of piperidine rings is 2. The van der Waals surface area contributed by atoms with E-state index in [0.717, 1.165) is 4.90 Å². The average Bonchev–Trinajstić information content (AvgIpc) is 3.50. The van der Waals surface area contributed by atoms with Crippen LogP contribution in [-0.2, 0) is 29.8 Å². The molecule has 0 aromatic heterocycles. The normalized spacial score (nSPS) is 27.3. The largest absolute Gasteiger partial charge is 0.372 e. The number of halogens is 3. The molecule has 13 heteroatoms. The van der Waals surface area contributed by atoms with E-state index >= 15 is 8.78 Å². The van der Waals surface area contributed by atoms with Gasteiger partial charge in [0.05, 0.1) is 12.0 Å². The monoisotopic (exact) mass is 631 g/mol. The summed E-state index contributed by atoms with van der Waals surface area (Å²) >= 11 is 0. The third-order valence-corrected chi connectivity index (χ3v) is 10.2. The van der Waals surface area contributed by atoms with Crippen molar-refractivity contribution in [2.24, 2.45) is 11.8 Å². The van der Waals surface area contributed by atoms with Gasteiger partial charge in [-0.05, 0) is 42.9 Å². The maximum atomic E-state index is 15.4. The Hall–Kier alpha value is -3.71. The van der Waals surface area contributed by atoms with E-state index in [9.17, 15) is 32.3 Å². The van der Waals surface area contributed by atoms with E-state index < -0.39 is 74.7 Å². The highest BCUT2D eigenvalue weighted by molar-refractivity contribution is 7.94. The fraction of sp³-hybridized carbons (Fsp3) is 0.452. The van der Waals surface area contributed by atoms with Crippen LogP contribution in [0, 0.1) is 11.8 Å². The Balaban J connectivity index is 1.39. The van der Waals surface area contributed by atoms with Gasteiger partial charge in [-0.1, -0.05) is 48.5 Å². The number of sulfone groups is 1. The molecule has 0 radical (unpaired) electrons. The molecule has 234 valence electrons. The van der Waals surface area contributed by atoms with Crippen molar-refractivity contribution in [2.75, 3.05) is 12.8 Å². The Labute approximate surface area is 252 Å². The van der Waals surface area contributed by atoms with Crippen LogP contribution >= 0.6 is 0 Å². The zero-order valence-corrected chi connectivity index (χ0v) is 24.6. The molecular formula is C31H32F3N3O6S. The second-order valence-corrected chi connectivity index (χ2v) is 14.1. The lowest BCUT2D eigenvalue weighted by molar-refractivity contribution is -0.201. The minimum Gasteiger partial charge on any atom is -0.372 e. The molecule has 3 heterocycles. The Kier molecular flexibility index (Phi) is 7.39. The van der Waals surface area contributed by atoms with Crippen LogP contribution in [0.5, 0.6) is 0 Å². The maximum absolute atomic E-state index is 15.4. The minimum atomic E-state index is -4.31. The van der Waals surface area contributed by atoms with E-state index in [4.69, 9.17) is 0 Å². The number of amides is 3. The number of nitrogens with one attached hydrogen (secondary N) is 2. The van der Waals surface area contributed by atoms with Gasteiger partial charge in [0.15, 0.2) is 5.60 Å². The summed E-state index contributed by atoms with van der Waals surface area (Å²) in [6, 6.07) is 9.27. The van der Waals surface area contributed by atoms with Crippen LogP contribution in [0.15, 0.2) is 59.8 Å². The average molecular weight is 632 g/mol. The summed E-state index contributed by atoms with van der Waals surface area (Å²) < 4.78 is 69.1. The van der Waals surface area contributed by atoms with Crippen molar-refractivity contribution in [1.29, 1.82) is 0 Å². The maximum Gasteiger partial charge on any atom is 0.264 e. The lowest BCUT2D eigenvalue weighted by Crippen LogP contribution is -2.70. The molecule has 2 bridgehead atoms. The molecule has 5 aliphatic rings. The van der Waals surface area contributed by atoms with Gasteiger partial charge in [-0.25, -0.2) is 17.2 Å². The van der Waals surface area contributed by atoms with E-state index in [0.29, 0.717) is 36.4 Å². The molecule has 2 aromatic carbocycles. The molecular weight excluding hydrogens is 599 g/mol. The topological polar surface area (TPSA) is 133 Å². The summed E-state index contributed by atoms with van der Waals surface area (Å²) in [6.07, 6.45) is 0.872. The summed E-state index contributed by atoms with van der Waals surface area (Å²) in [7, 11) is -4.31. The fourth-order valence-corrected chi connectivity index (χ4v) is 7.73. The van der Waals surface area contributed by atoms with Crippen molar-refractivity contribution in [3.05, 3.63) is 70.9 Å². The molecule has 2 aromatic rings. The fourth-order valence-electron chi connectivity index (χ4n) is 7.32. The highest BCUT2D eigenvalue weighted by Crippen LogP contribution is 2.53. The van der Waals surface area contributed by atoms with E-state index in [1.165, 1.54) is 0 Å². The molecule has 1 saturated carbocycles. The third kappa shape index (κ3) is 4.90. The van der Waals surface area contributed by atoms with Gasteiger partial charge < -0.3 is 20.6 Å². The first-order valence-corrected chi connectivity index (χ1v) is 16.4. The number of benzene rings is 2. The van der Waals surface area contributed by atoms with Crippen molar-refractivity contribution in [3.8, 4) is 11.1 Å². The Morgan fingerprint density at radius 1 is 1.09 bits per heavy atom. The van der Waals surface area contributed by atoms with Gasteiger partial charge in [-0.3, -0.25) is 14.4 Å².